The molecular weight excluding hydrogens is 240 g/mol. The molecule has 2 aliphatic carbocycles. The number of hydrogen-bond donors (Lipinski definition) is 0. The monoisotopic (exact) mass is 266 g/mol. The Kier molecular flexibility index (Phi) is 5.00. The lowest BCUT2D eigenvalue weighted by Crippen LogP contribution is -2.17. The third kappa shape index (κ3) is 4.96. The van der Waals surface area contributed by atoms with Gasteiger partial charge in [-0.1, -0.05) is 20.3 Å². The molecule has 2 atom stereocenters. The van der Waals surface area contributed by atoms with Gasteiger partial charge in [-0.25, -0.2) is 0 Å². The second-order valence-electron chi connectivity index (χ2n) is 6.41. The van der Waals surface area contributed by atoms with E-state index in [9.17, 15) is 9.59 Å². The van der Waals surface area contributed by atoms with E-state index in [0.29, 0.717) is 30.6 Å². The number of carbonyl (C=O) groups is 2. The maximum atomic E-state index is 11.7. The number of ether oxygens (including phenoxy) is 1. The molecule has 0 aromatic rings. The predicted octanol–water partition coefficient (Wildman–Crippen LogP) is 3.71. The topological polar surface area (TPSA) is 43.4 Å². The van der Waals surface area contributed by atoms with E-state index in [-0.39, 0.29) is 11.9 Å². The maximum absolute atomic E-state index is 11.7. The molecule has 0 heterocycles. The van der Waals surface area contributed by atoms with Crippen LogP contribution in [0, 0.1) is 23.7 Å². The molecule has 19 heavy (non-hydrogen) atoms. The van der Waals surface area contributed by atoms with Gasteiger partial charge in [0.15, 0.2) is 0 Å². The number of hydrogen-bond acceptors (Lipinski definition) is 3. The molecule has 0 N–H and O–H groups in total. The van der Waals surface area contributed by atoms with Gasteiger partial charge in [-0.3, -0.25) is 9.59 Å². The predicted molar refractivity (Wildman–Crippen MR) is 73.3 cm³/mol. The minimum Gasteiger partial charge on any atom is -0.393 e. The third-order valence-corrected chi connectivity index (χ3v) is 4.70. The lowest BCUT2D eigenvalue weighted by Gasteiger charge is -2.12. The van der Waals surface area contributed by atoms with Crippen molar-refractivity contribution < 1.29 is 14.3 Å². The SMILES string of the molecule is CCC(CC(=O)OC(=O)CCC(C)C1CC1)C1CC1. The Morgan fingerprint density at radius 2 is 1.74 bits per heavy atom. The van der Waals surface area contributed by atoms with E-state index in [1.54, 1.807) is 0 Å². The van der Waals surface area contributed by atoms with E-state index in [1.807, 2.05) is 0 Å². The fourth-order valence-corrected chi connectivity index (χ4v) is 2.89. The van der Waals surface area contributed by atoms with Crippen molar-refractivity contribution in [2.75, 3.05) is 0 Å². The molecule has 108 valence electrons. The molecule has 2 saturated carbocycles. The van der Waals surface area contributed by atoms with Gasteiger partial charge in [0.05, 0.1) is 0 Å². The highest BCUT2D eigenvalue weighted by Gasteiger charge is 2.32. The van der Waals surface area contributed by atoms with Crippen molar-refractivity contribution in [2.45, 2.75) is 65.2 Å². The number of esters is 2. The lowest BCUT2D eigenvalue weighted by atomic mass is 9.97. The molecule has 0 aromatic heterocycles. The summed E-state index contributed by atoms with van der Waals surface area (Å²) in [5.74, 6) is 1.87. The van der Waals surface area contributed by atoms with Crippen LogP contribution < -0.4 is 0 Å². The summed E-state index contributed by atoms with van der Waals surface area (Å²) in [7, 11) is 0. The van der Waals surface area contributed by atoms with Crippen molar-refractivity contribution >= 4 is 11.9 Å². The largest absolute Gasteiger partial charge is 0.393 e. The fourth-order valence-electron chi connectivity index (χ4n) is 2.89. The standard InChI is InChI=1S/C16H26O3/c1-3-12(14-7-8-14)10-16(18)19-15(17)9-4-11(2)13-5-6-13/h11-14H,3-10H2,1-2H3. The minimum atomic E-state index is -0.330. The van der Waals surface area contributed by atoms with E-state index < -0.39 is 0 Å². The van der Waals surface area contributed by atoms with E-state index in [0.717, 1.165) is 18.8 Å². The van der Waals surface area contributed by atoms with Gasteiger partial charge in [-0.05, 0) is 55.8 Å². The number of rotatable bonds is 8. The molecule has 3 heteroatoms. The molecule has 0 amide bonds. The van der Waals surface area contributed by atoms with Crippen LogP contribution in [0.2, 0.25) is 0 Å². The van der Waals surface area contributed by atoms with E-state index in [1.165, 1.54) is 25.7 Å². The van der Waals surface area contributed by atoms with Crippen molar-refractivity contribution in [3.05, 3.63) is 0 Å². The zero-order valence-electron chi connectivity index (χ0n) is 12.2. The quantitative estimate of drug-likeness (QED) is 0.497. The summed E-state index contributed by atoms with van der Waals surface area (Å²) in [6.07, 6.45) is 7.75. The van der Waals surface area contributed by atoms with Gasteiger partial charge in [0.25, 0.3) is 0 Å². The fraction of sp³-hybridized carbons (Fsp3) is 0.875. The summed E-state index contributed by atoms with van der Waals surface area (Å²) in [6, 6.07) is 0. The molecule has 0 spiro atoms. The summed E-state index contributed by atoms with van der Waals surface area (Å²) in [4.78, 5) is 23.3. The summed E-state index contributed by atoms with van der Waals surface area (Å²) in [6.45, 7) is 4.29. The van der Waals surface area contributed by atoms with Crippen LogP contribution in [0.1, 0.15) is 65.2 Å². The van der Waals surface area contributed by atoms with Crippen molar-refractivity contribution in [3.8, 4) is 0 Å². The second-order valence-corrected chi connectivity index (χ2v) is 6.41. The molecule has 0 radical (unpaired) electrons. The van der Waals surface area contributed by atoms with E-state index in [2.05, 4.69) is 13.8 Å². The van der Waals surface area contributed by atoms with Crippen molar-refractivity contribution in [3.63, 3.8) is 0 Å². The normalized spacial score (nSPS) is 21.8. The molecule has 0 saturated heterocycles. The molecule has 0 bridgehead atoms. The molecule has 0 aromatic carbocycles. The van der Waals surface area contributed by atoms with Crippen LogP contribution in [0.15, 0.2) is 0 Å². The first-order valence-corrected chi connectivity index (χ1v) is 7.83. The Morgan fingerprint density at radius 1 is 1.11 bits per heavy atom. The Balaban J connectivity index is 1.61. The van der Waals surface area contributed by atoms with Crippen LogP contribution >= 0.6 is 0 Å². The molecule has 2 aliphatic rings. The smallest absolute Gasteiger partial charge is 0.313 e. The van der Waals surface area contributed by atoms with Gasteiger partial charge in [0, 0.05) is 12.8 Å². The Morgan fingerprint density at radius 3 is 2.26 bits per heavy atom. The van der Waals surface area contributed by atoms with E-state index in [4.69, 9.17) is 4.74 Å². The second kappa shape index (κ2) is 6.53. The first-order chi connectivity index (χ1) is 9.10. The Hall–Kier alpha value is -0.860. The van der Waals surface area contributed by atoms with Crippen molar-refractivity contribution in [1.82, 2.24) is 0 Å². The van der Waals surface area contributed by atoms with Crippen molar-refractivity contribution in [2.24, 2.45) is 23.7 Å². The average molecular weight is 266 g/mol. The zero-order valence-corrected chi connectivity index (χ0v) is 12.2. The maximum Gasteiger partial charge on any atom is 0.313 e. The summed E-state index contributed by atoms with van der Waals surface area (Å²) >= 11 is 0. The van der Waals surface area contributed by atoms with Crippen molar-refractivity contribution in [1.29, 1.82) is 0 Å². The van der Waals surface area contributed by atoms with Gasteiger partial charge in [-0.2, -0.15) is 0 Å². The third-order valence-electron chi connectivity index (χ3n) is 4.70. The molecule has 2 fully saturated rings. The highest BCUT2D eigenvalue weighted by atomic mass is 16.6. The highest BCUT2D eigenvalue weighted by molar-refractivity contribution is 5.85. The van der Waals surface area contributed by atoms with Crippen LogP contribution in [0.3, 0.4) is 0 Å². The zero-order chi connectivity index (χ0) is 13.8. The summed E-state index contributed by atoms with van der Waals surface area (Å²) in [5.41, 5.74) is 0. The molecule has 3 nitrogen and oxygen atoms in total. The van der Waals surface area contributed by atoms with Crippen LogP contribution in [-0.2, 0) is 14.3 Å². The molecule has 2 unspecified atom stereocenters. The van der Waals surface area contributed by atoms with Crippen LogP contribution in [0.5, 0.6) is 0 Å². The summed E-state index contributed by atoms with van der Waals surface area (Å²) in [5, 5.41) is 0. The molecular formula is C16H26O3. The minimum absolute atomic E-state index is 0.317. The molecule has 0 aliphatic heterocycles. The molecule has 2 rings (SSSR count). The van der Waals surface area contributed by atoms with Gasteiger partial charge in [-0.15, -0.1) is 0 Å². The first-order valence-electron chi connectivity index (χ1n) is 7.83. The van der Waals surface area contributed by atoms with Gasteiger partial charge < -0.3 is 4.74 Å². The van der Waals surface area contributed by atoms with Gasteiger partial charge in [0.2, 0.25) is 0 Å². The van der Waals surface area contributed by atoms with E-state index >= 15 is 0 Å². The first kappa shape index (κ1) is 14.5. The van der Waals surface area contributed by atoms with Crippen LogP contribution in [0.4, 0.5) is 0 Å². The van der Waals surface area contributed by atoms with Crippen LogP contribution in [0.25, 0.3) is 0 Å². The average Bonchev–Trinajstić information content (AvgIpc) is 3.24. The lowest BCUT2D eigenvalue weighted by molar-refractivity contribution is -0.160. The van der Waals surface area contributed by atoms with Gasteiger partial charge >= 0.3 is 11.9 Å². The Bertz CT molecular complexity index is 329. The summed E-state index contributed by atoms with van der Waals surface area (Å²) < 4.78 is 4.93. The Labute approximate surface area is 116 Å². The highest BCUT2D eigenvalue weighted by Crippen LogP contribution is 2.40. The number of carbonyl (C=O) groups excluding carboxylic acids is 2. The van der Waals surface area contributed by atoms with Gasteiger partial charge in [0.1, 0.15) is 0 Å². The van der Waals surface area contributed by atoms with Crippen LogP contribution in [-0.4, -0.2) is 11.9 Å².